The van der Waals surface area contributed by atoms with E-state index in [1.54, 1.807) is 6.07 Å². The van der Waals surface area contributed by atoms with Gasteiger partial charge in [0.05, 0.1) is 11.4 Å². The zero-order valence-electron chi connectivity index (χ0n) is 6.13. The number of rotatable bonds is 0. The van der Waals surface area contributed by atoms with Crippen molar-refractivity contribution in [3.63, 3.8) is 0 Å². The molecule has 62 valence electrons. The molecular weight excluding hydrogens is 194 g/mol. The van der Waals surface area contributed by atoms with Crippen LogP contribution in [0.25, 0.3) is 0 Å². The standard InChI is InChI=1S/C8H6ClNOS/c9-5-1-2-7-6(3-5)10-8(11)4-12-7/h1-3H,4H2,(H,10,11). The van der Waals surface area contributed by atoms with Crippen LogP contribution in [0.2, 0.25) is 5.02 Å². The summed E-state index contributed by atoms with van der Waals surface area (Å²) < 4.78 is 0. The Labute approximate surface area is 79.3 Å². The van der Waals surface area contributed by atoms with E-state index in [-0.39, 0.29) is 5.91 Å². The number of carbonyl (C=O) groups excluding carboxylic acids is 1. The number of amides is 1. The molecule has 1 aromatic carbocycles. The van der Waals surface area contributed by atoms with Crippen LogP contribution in [0, 0.1) is 0 Å². The number of halogens is 1. The van der Waals surface area contributed by atoms with Gasteiger partial charge in [0.15, 0.2) is 0 Å². The van der Waals surface area contributed by atoms with Gasteiger partial charge in [-0.25, -0.2) is 0 Å². The highest BCUT2D eigenvalue weighted by Gasteiger charge is 2.14. The van der Waals surface area contributed by atoms with Crippen molar-refractivity contribution < 1.29 is 4.79 Å². The number of anilines is 1. The van der Waals surface area contributed by atoms with E-state index in [9.17, 15) is 4.79 Å². The van der Waals surface area contributed by atoms with Crippen LogP contribution in [0.5, 0.6) is 0 Å². The third-order valence-corrected chi connectivity index (χ3v) is 2.88. The number of benzene rings is 1. The van der Waals surface area contributed by atoms with E-state index in [1.807, 2.05) is 12.1 Å². The summed E-state index contributed by atoms with van der Waals surface area (Å²) in [5.74, 6) is 0.531. The predicted molar refractivity (Wildman–Crippen MR) is 50.8 cm³/mol. The number of hydrogen-bond donors (Lipinski definition) is 1. The van der Waals surface area contributed by atoms with Crippen molar-refractivity contribution in [1.82, 2.24) is 0 Å². The lowest BCUT2D eigenvalue weighted by Gasteiger charge is -2.15. The maximum absolute atomic E-state index is 11.0. The molecule has 0 aliphatic carbocycles. The van der Waals surface area contributed by atoms with Crippen LogP contribution in [0.15, 0.2) is 23.1 Å². The fourth-order valence-corrected chi connectivity index (χ4v) is 2.02. The minimum absolute atomic E-state index is 0.0368. The molecule has 1 aliphatic rings. The van der Waals surface area contributed by atoms with Crippen molar-refractivity contribution in [2.24, 2.45) is 0 Å². The Morgan fingerprint density at radius 2 is 2.33 bits per heavy atom. The molecule has 1 N–H and O–H groups in total. The van der Waals surface area contributed by atoms with Crippen molar-refractivity contribution in [2.45, 2.75) is 4.90 Å². The third-order valence-electron chi connectivity index (χ3n) is 1.57. The van der Waals surface area contributed by atoms with Gasteiger partial charge in [-0.2, -0.15) is 0 Å². The topological polar surface area (TPSA) is 29.1 Å². The Morgan fingerprint density at radius 1 is 1.50 bits per heavy atom. The lowest BCUT2D eigenvalue weighted by Crippen LogP contribution is -2.18. The van der Waals surface area contributed by atoms with Crippen LogP contribution in [-0.4, -0.2) is 11.7 Å². The van der Waals surface area contributed by atoms with Crippen molar-refractivity contribution in [3.8, 4) is 0 Å². The molecule has 0 saturated carbocycles. The van der Waals surface area contributed by atoms with Crippen molar-refractivity contribution in [3.05, 3.63) is 23.2 Å². The molecule has 0 unspecified atom stereocenters. The van der Waals surface area contributed by atoms with Gasteiger partial charge in [-0.3, -0.25) is 4.79 Å². The molecule has 2 nitrogen and oxygen atoms in total. The van der Waals surface area contributed by atoms with Crippen LogP contribution in [-0.2, 0) is 4.79 Å². The monoisotopic (exact) mass is 199 g/mol. The van der Waals surface area contributed by atoms with Gasteiger partial charge in [-0.05, 0) is 18.2 Å². The molecule has 0 bridgehead atoms. The zero-order valence-corrected chi connectivity index (χ0v) is 7.71. The van der Waals surface area contributed by atoms with Crippen LogP contribution < -0.4 is 5.32 Å². The first-order valence-corrected chi connectivity index (χ1v) is 4.84. The van der Waals surface area contributed by atoms with E-state index in [0.717, 1.165) is 10.6 Å². The summed E-state index contributed by atoms with van der Waals surface area (Å²) in [7, 11) is 0. The summed E-state index contributed by atoms with van der Waals surface area (Å²) in [6.45, 7) is 0. The maximum Gasteiger partial charge on any atom is 0.234 e. The average molecular weight is 200 g/mol. The first kappa shape index (κ1) is 7.95. The largest absolute Gasteiger partial charge is 0.324 e. The fraction of sp³-hybridized carbons (Fsp3) is 0.125. The summed E-state index contributed by atoms with van der Waals surface area (Å²) in [5.41, 5.74) is 0.823. The van der Waals surface area contributed by atoms with Gasteiger partial charge in [0.1, 0.15) is 0 Å². The molecule has 2 rings (SSSR count). The van der Waals surface area contributed by atoms with Gasteiger partial charge in [-0.15, -0.1) is 11.8 Å². The molecule has 4 heteroatoms. The second-order valence-electron chi connectivity index (χ2n) is 2.48. The molecule has 12 heavy (non-hydrogen) atoms. The van der Waals surface area contributed by atoms with E-state index in [1.165, 1.54) is 11.8 Å². The normalized spacial score (nSPS) is 15.2. The van der Waals surface area contributed by atoms with E-state index in [2.05, 4.69) is 5.32 Å². The van der Waals surface area contributed by atoms with E-state index < -0.39 is 0 Å². The quantitative estimate of drug-likeness (QED) is 0.695. The van der Waals surface area contributed by atoms with Gasteiger partial charge >= 0.3 is 0 Å². The number of thioether (sulfide) groups is 1. The minimum atomic E-state index is 0.0368. The lowest BCUT2D eigenvalue weighted by atomic mass is 10.3. The first-order valence-electron chi connectivity index (χ1n) is 3.48. The molecule has 0 spiro atoms. The molecule has 1 heterocycles. The molecule has 0 radical (unpaired) electrons. The Morgan fingerprint density at radius 3 is 3.17 bits per heavy atom. The third kappa shape index (κ3) is 1.42. The SMILES string of the molecule is O=C1CSc2ccc(Cl)cc2N1. The Bertz CT molecular complexity index is 340. The Kier molecular flexibility index (Phi) is 1.98. The molecule has 1 aliphatic heterocycles. The summed E-state index contributed by atoms with van der Waals surface area (Å²) >= 11 is 7.30. The van der Waals surface area contributed by atoms with Crippen LogP contribution >= 0.6 is 23.4 Å². The van der Waals surface area contributed by atoms with Gasteiger partial charge in [0.25, 0.3) is 0 Å². The van der Waals surface area contributed by atoms with Gasteiger partial charge in [0, 0.05) is 9.92 Å². The number of carbonyl (C=O) groups is 1. The first-order chi connectivity index (χ1) is 5.75. The van der Waals surface area contributed by atoms with Crippen LogP contribution in [0.3, 0.4) is 0 Å². The van der Waals surface area contributed by atoms with Gasteiger partial charge in [-0.1, -0.05) is 11.6 Å². The van der Waals surface area contributed by atoms with Gasteiger partial charge in [0.2, 0.25) is 5.91 Å². The highest BCUT2D eigenvalue weighted by Crippen LogP contribution is 2.32. The van der Waals surface area contributed by atoms with Crippen LogP contribution in [0.4, 0.5) is 5.69 Å². The maximum atomic E-state index is 11.0. The highest BCUT2D eigenvalue weighted by atomic mass is 35.5. The summed E-state index contributed by atoms with van der Waals surface area (Å²) in [6, 6.07) is 5.51. The number of hydrogen-bond acceptors (Lipinski definition) is 2. The molecule has 0 aromatic heterocycles. The van der Waals surface area contributed by atoms with Crippen molar-refractivity contribution in [1.29, 1.82) is 0 Å². The zero-order chi connectivity index (χ0) is 8.55. The lowest BCUT2D eigenvalue weighted by molar-refractivity contribution is -0.113. The molecular formula is C8H6ClNOS. The second-order valence-corrected chi connectivity index (χ2v) is 3.93. The number of fused-ring (bicyclic) bond motifs is 1. The Balaban J connectivity index is 2.44. The van der Waals surface area contributed by atoms with E-state index >= 15 is 0 Å². The fourth-order valence-electron chi connectivity index (χ4n) is 1.06. The van der Waals surface area contributed by atoms with Crippen LogP contribution in [0.1, 0.15) is 0 Å². The summed E-state index contributed by atoms with van der Waals surface area (Å²) in [4.78, 5) is 12.0. The molecule has 0 saturated heterocycles. The molecule has 1 aromatic rings. The molecule has 0 fully saturated rings. The highest BCUT2D eigenvalue weighted by molar-refractivity contribution is 8.00. The summed E-state index contributed by atoms with van der Waals surface area (Å²) in [5, 5.41) is 3.41. The van der Waals surface area contributed by atoms with E-state index in [0.29, 0.717) is 10.8 Å². The Hall–Kier alpha value is -0.670. The minimum Gasteiger partial charge on any atom is -0.324 e. The second kappa shape index (κ2) is 2.99. The predicted octanol–water partition coefficient (Wildman–Crippen LogP) is 2.38. The van der Waals surface area contributed by atoms with Crippen molar-refractivity contribution >= 4 is 35.0 Å². The number of nitrogens with one attached hydrogen (secondary N) is 1. The van der Waals surface area contributed by atoms with Crippen molar-refractivity contribution in [2.75, 3.05) is 11.1 Å². The molecule has 0 atom stereocenters. The summed E-state index contributed by atoms with van der Waals surface area (Å²) in [6.07, 6.45) is 0. The molecule has 1 amide bonds. The average Bonchev–Trinajstić information content (AvgIpc) is 2.03. The smallest absolute Gasteiger partial charge is 0.234 e. The van der Waals surface area contributed by atoms with Gasteiger partial charge < -0.3 is 5.32 Å². The van der Waals surface area contributed by atoms with E-state index in [4.69, 9.17) is 11.6 Å².